The topological polar surface area (TPSA) is 38.8 Å². The first-order chi connectivity index (χ1) is 10.7. The molecule has 4 nitrogen and oxygen atoms in total. The second-order valence-electron chi connectivity index (χ2n) is 5.32. The highest BCUT2D eigenvalue weighted by atomic mass is 79.9. The Labute approximate surface area is 139 Å². The summed E-state index contributed by atoms with van der Waals surface area (Å²) in [5.41, 5.74) is 0.629. The van der Waals surface area contributed by atoms with Crippen molar-refractivity contribution in [1.82, 2.24) is 4.90 Å². The monoisotopic (exact) mass is 365 g/mol. The van der Waals surface area contributed by atoms with E-state index in [0.29, 0.717) is 37.0 Å². The van der Waals surface area contributed by atoms with E-state index in [9.17, 15) is 4.79 Å². The van der Waals surface area contributed by atoms with E-state index in [1.165, 1.54) is 0 Å². The van der Waals surface area contributed by atoms with Gasteiger partial charge in [-0.05, 0) is 47.0 Å². The van der Waals surface area contributed by atoms with Crippen molar-refractivity contribution in [3.63, 3.8) is 0 Å². The van der Waals surface area contributed by atoms with Crippen LogP contribution >= 0.6 is 15.9 Å². The van der Waals surface area contributed by atoms with E-state index in [-0.39, 0.29) is 5.91 Å². The quantitative estimate of drug-likeness (QED) is 0.594. The van der Waals surface area contributed by atoms with Crippen molar-refractivity contribution >= 4 is 21.8 Å². The second-order valence-corrected chi connectivity index (χ2v) is 6.18. The standard InChI is InChI=1S/C17H20BrNO3/c1-3-9-22-12-13-5-4-8-19(11-13)17(20)15-10-14(21-2)6-7-16(15)18/h1,6-7,10,13H,4-5,8-9,11-12H2,2H3/t13-/m1/s1. The second kappa shape index (κ2) is 8.21. The number of ether oxygens (including phenoxy) is 2. The summed E-state index contributed by atoms with van der Waals surface area (Å²) in [4.78, 5) is 14.6. The largest absolute Gasteiger partial charge is 0.497 e. The average molecular weight is 366 g/mol. The van der Waals surface area contributed by atoms with Crippen LogP contribution in [0.4, 0.5) is 0 Å². The van der Waals surface area contributed by atoms with Crippen LogP contribution in [-0.4, -0.2) is 44.2 Å². The van der Waals surface area contributed by atoms with Crippen LogP contribution in [0, 0.1) is 18.3 Å². The Hall–Kier alpha value is -1.51. The highest BCUT2D eigenvalue weighted by Crippen LogP contribution is 2.26. The maximum absolute atomic E-state index is 12.7. The van der Waals surface area contributed by atoms with Crippen molar-refractivity contribution in [2.45, 2.75) is 12.8 Å². The molecule has 0 spiro atoms. The highest BCUT2D eigenvalue weighted by molar-refractivity contribution is 9.10. The third-order valence-corrected chi connectivity index (χ3v) is 4.44. The van der Waals surface area contributed by atoms with E-state index in [1.807, 2.05) is 17.0 Å². The lowest BCUT2D eigenvalue weighted by Crippen LogP contribution is -2.41. The van der Waals surface area contributed by atoms with Crippen LogP contribution in [0.1, 0.15) is 23.2 Å². The Kier molecular flexibility index (Phi) is 6.29. The molecule has 1 amide bonds. The number of amides is 1. The SMILES string of the molecule is C#CCOC[C@@H]1CCCN(C(=O)c2cc(OC)ccc2Br)C1. The predicted molar refractivity (Wildman–Crippen MR) is 89.0 cm³/mol. The molecule has 1 aliphatic rings. The normalized spacial score (nSPS) is 17.9. The van der Waals surface area contributed by atoms with Crippen molar-refractivity contribution in [2.24, 2.45) is 5.92 Å². The minimum absolute atomic E-state index is 0.0208. The van der Waals surface area contributed by atoms with Gasteiger partial charge in [0.1, 0.15) is 12.4 Å². The van der Waals surface area contributed by atoms with E-state index in [2.05, 4.69) is 21.9 Å². The Morgan fingerprint density at radius 2 is 2.36 bits per heavy atom. The molecule has 1 aromatic carbocycles. The number of benzene rings is 1. The molecule has 22 heavy (non-hydrogen) atoms. The van der Waals surface area contributed by atoms with Crippen molar-refractivity contribution in [2.75, 3.05) is 33.4 Å². The third kappa shape index (κ3) is 4.25. The summed E-state index contributed by atoms with van der Waals surface area (Å²) >= 11 is 3.44. The molecule has 0 saturated carbocycles. The van der Waals surface area contributed by atoms with Gasteiger partial charge in [-0.25, -0.2) is 0 Å². The molecule has 5 heteroatoms. The molecule has 1 atom stereocenters. The fourth-order valence-corrected chi connectivity index (χ4v) is 3.05. The maximum atomic E-state index is 12.7. The molecule has 0 N–H and O–H groups in total. The molecular weight excluding hydrogens is 346 g/mol. The molecule has 1 heterocycles. The molecule has 118 valence electrons. The lowest BCUT2D eigenvalue weighted by molar-refractivity contribution is 0.0533. The lowest BCUT2D eigenvalue weighted by atomic mass is 9.98. The zero-order chi connectivity index (χ0) is 15.9. The Morgan fingerprint density at radius 1 is 1.55 bits per heavy atom. The summed E-state index contributed by atoms with van der Waals surface area (Å²) in [6.45, 7) is 2.40. The number of hydrogen-bond acceptors (Lipinski definition) is 3. The molecule has 0 radical (unpaired) electrons. The lowest BCUT2D eigenvalue weighted by Gasteiger charge is -2.32. The van der Waals surface area contributed by atoms with Gasteiger partial charge in [-0.2, -0.15) is 0 Å². The van der Waals surface area contributed by atoms with Crippen molar-refractivity contribution in [1.29, 1.82) is 0 Å². The summed E-state index contributed by atoms with van der Waals surface area (Å²) in [5, 5.41) is 0. The molecule has 1 saturated heterocycles. The number of methoxy groups -OCH3 is 1. The molecule has 0 bridgehead atoms. The first-order valence-electron chi connectivity index (χ1n) is 7.29. The molecule has 1 aliphatic heterocycles. The molecule has 2 rings (SSSR count). The van der Waals surface area contributed by atoms with Gasteiger partial charge >= 0.3 is 0 Å². The molecule has 0 aromatic heterocycles. The van der Waals surface area contributed by atoms with Gasteiger partial charge in [0.2, 0.25) is 0 Å². The molecule has 1 aromatic rings. The van der Waals surface area contributed by atoms with Gasteiger partial charge in [0, 0.05) is 23.5 Å². The molecule has 1 fully saturated rings. The Morgan fingerprint density at radius 3 is 3.09 bits per heavy atom. The summed E-state index contributed by atoms with van der Waals surface area (Å²) in [6, 6.07) is 5.43. The number of halogens is 1. The van der Waals surface area contributed by atoms with Gasteiger partial charge < -0.3 is 14.4 Å². The van der Waals surface area contributed by atoms with Crippen LogP contribution < -0.4 is 4.74 Å². The van der Waals surface area contributed by atoms with Crippen LogP contribution in [-0.2, 0) is 4.74 Å². The van der Waals surface area contributed by atoms with Gasteiger partial charge in [0.15, 0.2) is 0 Å². The van der Waals surface area contributed by atoms with Crippen LogP contribution in [0.15, 0.2) is 22.7 Å². The van der Waals surface area contributed by atoms with Gasteiger partial charge in [-0.3, -0.25) is 4.79 Å². The fourth-order valence-electron chi connectivity index (χ4n) is 2.64. The van der Waals surface area contributed by atoms with Crippen LogP contribution in [0.25, 0.3) is 0 Å². The van der Waals surface area contributed by atoms with E-state index < -0.39 is 0 Å². The minimum Gasteiger partial charge on any atom is -0.497 e. The van der Waals surface area contributed by atoms with E-state index in [1.54, 1.807) is 13.2 Å². The Bertz CT molecular complexity index is 568. The molecule has 0 unspecified atom stereocenters. The number of terminal acetylenes is 1. The number of carbonyl (C=O) groups excluding carboxylic acids is 1. The Balaban J connectivity index is 2.04. The average Bonchev–Trinajstić information content (AvgIpc) is 2.55. The number of piperidine rings is 1. The zero-order valence-corrected chi connectivity index (χ0v) is 14.3. The number of rotatable bonds is 5. The van der Waals surface area contributed by atoms with Crippen molar-refractivity contribution < 1.29 is 14.3 Å². The van der Waals surface area contributed by atoms with Gasteiger partial charge in [-0.1, -0.05) is 5.92 Å². The van der Waals surface area contributed by atoms with E-state index >= 15 is 0 Å². The predicted octanol–water partition coefficient (Wildman–Crippen LogP) is 2.96. The van der Waals surface area contributed by atoms with E-state index in [4.69, 9.17) is 15.9 Å². The van der Waals surface area contributed by atoms with Crippen molar-refractivity contribution in [3.05, 3.63) is 28.2 Å². The molecular formula is C17H20BrNO3. The third-order valence-electron chi connectivity index (χ3n) is 3.75. The van der Waals surface area contributed by atoms with Crippen LogP contribution in [0.3, 0.4) is 0 Å². The summed E-state index contributed by atoms with van der Waals surface area (Å²) in [5.74, 6) is 3.51. The smallest absolute Gasteiger partial charge is 0.255 e. The van der Waals surface area contributed by atoms with Gasteiger partial charge in [-0.15, -0.1) is 6.42 Å². The van der Waals surface area contributed by atoms with E-state index in [0.717, 1.165) is 23.9 Å². The van der Waals surface area contributed by atoms with Gasteiger partial charge in [0.05, 0.1) is 19.3 Å². The first kappa shape index (κ1) is 16.9. The summed E-state index contributed by atoms with van der Waals surface area (Å²) in [7, 11) is 1.59. The highest BCUT2D eigenvalue weighted by Gasteiger charge is 2.26. The van der Waals surface area contributed by atoms with Crippen LogP contribution in [0.5, 0.6) is 5.75 Å². The van der Waals surface area contributed by atoms with Crippen LogP contribution in [0.2, 0.25) is 0 Å². The number of hydrogen-bond donors (Lipinski definition) is 0. The molecule has 0 aliphatic carbocycles. The maximum Gasteiger partial charge on any atom is 0.255 e. The summed E-state index contributed by atoms with van der Waals surface area (Å²) in [6.07, 6.45) is 7.23. The summed E-state index contributed by atoms with van der Waals surface area (Å²) < 4.78 is 11.4. The first-order valence-corrected chi connectivity index (χ1v) is 8.09. The number of nitrogens with zero attached hydrogens (tertiary/aromatic N) is 1. The number of likely N-dealkylation sites (tertiary alicyclic amines) is 1. The zero-order valence-electron chi connectivity index (χ0n) is 12.7. The number of carbonyl (C=O) groups is 1. The fraction of sp³-hybridized carbons (Fsp3) is 0.471. The van der Waals surface area contributed by atoms with Crippen molar-refractivity contribution in [3.8, 4) is 18.1 Å². The van der Waals surface area contributed by atoms with Gasteiger partial charge in [0.25, 0.3) is 5.91 Å². The minimum atomic E-state index is 0.0208.